The number of carbonyl (C=O) groups excluding carboxylic acids is 2. The summed E-state index contributed by atoms with van der Waals surface area (Å²) < 4.78 is 0. The van der Waals surface area contributed by atoms with Crippen LogP contribution in [0.1, 0.15) is 97.8 Å². The number of carbonyl (C=O) groups is 2. The first-order chi connectivity index (χ1) is 11.0. The second-order valence-corrected chi connectivity index (χ2v) is 7.98. The van der Waals surface area contributed by atoms with Crippen LogP contribution in [0.5, 0.6) is 0 Å². The second-order valence-electron chi connectivity index (χ2n) is 7.98. The molecule has 3 unspecified atom stereocenters. The number of hydrogen-bond donors (Lipinski definition) is 0. The summed E-state index contributed by atoms with van der Waals surface area (Å²) in [5.41, 5.74) is 0.466. The molecule has 0 bridgehead atoms. The summed E-state index contributed by atoms with van der Waals surface area (Å²) in [5.74, 6) is 0.941. The molecule has 2 aliphatic rings. The van der Waals surface area contributed by atoms with Crippen molar-refractivity contribution in [2.45, 2.75) is 104 Å². The number of likely N-dealkylation sites (tertiary alicyclic amines) is 1. The van der Waals surface area contributed by atoms with Crippen molar-refractivity contribution < 1.29 is 9.59 Å². The minimum absolute atomic E-state index is 0.0696. The Morgan fingerprint density at radius 1 is 0.957 bits per heavy atom. The van der Waals surface area contributed by atoms with Crippen LogP contribution < -0.4 is 0 Å². The SMILES string of the molecule is CCCC(C)(CC)C1CCCCC(N2C(=O)CCC2=O)CCC1. The molecule has 3 atom stereocenters. The predicted octanol–water partition coefficient (Wildman–Crippen LogP) is 5.08. The average Bonchev–Trinajstić information content (AvgIpc) is 2.91. The lowest BCUT2D eigenvalue weighted by molar-refractivity contribution is -0.141. The lowest BCUT2D eigenvalue weighted by Gasteiger charge is -2.37. The molecular weight excluding hydrogens is 286 g/mol. The number of rotatable bonds is 5. The van der Waals surface area contributed by atoms with E-state index >= 15 is 0 Å². The quantitative estimate of drug-likeness (QED) is 0.662. The summed E-state index contributed by atoms with van der Waals surface area (Å²) in [4.78, 5) is 25.7. The van der Waals surface area contributed by atoms with Gasteiger partial charge < -0.3 is 0 Å². The maximum absolute atomic E-state index is 12.0. The minimum atomic E-state index is 0.0696. The molecule has 23 heavy (non-hydrogen) atoms. The van der Waals surface area contributed by atoms with Crippen LogP contribution in [0.25, 0.3) is 0 Å². The molecule has 2 rings (SSSR count). The van der Waals surface area contributed by atoms with Gasteiger partial charge in [-0.3, -0.25) is 14.5 Å². The van der Waals surface area contributed by atoms with E-state index in [9.17, 15) is 9.59 Å². The summed E-state index contributed by atoms with van der Waals surface area (Å²) in [6.45, 7) is 7.11. The Labute approximate surface area is 142 Å². The lowest BCUT2D eigenvalue weighted by atomic mass is 9.68. The van der Waals surface area contributed by atoms with Gasteiger partial charge in [0, 0.05) is 18.9 Å². The molecule has 2 fully saturated rings. The number of amides is 2. The van der Waals surface area contributed by atoms with Gasteiger partial charge in [-0.05, 0) is 43.4 Å². The first-order valence-corrected chi connectivity index (χ1v) is 9.86. The zero-order valence-corrected chi connectivity index (χ0v) is 15.4. The van der Waals surface area contributed by atoms with E-state index < -0.39 is 0 Å². The molecule has 0 spiro atoms. The zero-order chi connectivity index (χ0) is 16.9. The molecule has 0 N–H and O–H groups in total. The van der Waals surface area contributed by atoms with Crippen LogP contribution in [-0.2, 0) is 9.59 Å². The van der Waals surface area contributed by atoms with Crippen LogP contribution in [-0.4, -0.2) is 22.8 Å². The highest BCUT2D eigenvalue weighted by atomic mass is 16.2. The highest BCUT2D eigenvalue weighted by Crippen LogP contribution is 2.43. The fourth-order valence-corrected chi connectivity index (χ4v) is 4.86. The van der Waals surface area contributed by atoms with E-state index in [2.05, 4.69) is 20.8 Å². The standard InChI is InChI=1S/C20H35NO2/c1-4-15-20(3,5-2)16-9-6-7-11-17(12-8-10-16)21-18(22)13-14-19(21)23/h16-17H,4-15H2,1-3H3. The molecule has 3 nitrogen and oxygen atoms in total. The first kappa shape index (κ1) is 18.5. The average molecular weight is 322 g/mol. The summed E-state index contributed by atoms with van der Waals surface area (Å²) in [6, 6.07) is 0.176. The lowest BCUT2D eigenvalue weighted by Crippen LogP contribution is -2.39. The van der Waals surface area contributed by atoms with Gasteiger partial charge in [0.1, 0.15) is 0 Å². The van der Waals surface area contributed by atoms with Gasteiger partial charge in [0.05, 0.1) is 0 Å². The Hall–Kier alpha value is -0.860. The number of nitrogens with zero attached hydrogens (tertiary/aromatic N) is 1. The molecule has 3 heteroatoms. The zero-order valence-electron chi connectivity index (χ0n) is 15.4. The van der Waals surface area contributed by atoms with E-state index in [4.69, 9.17) is 0 Å². The molecular formula is C20H35NO2. The molecule has 1 saturated heterocycles. The summed E-state index contributed by atoms with van der Waals surface area (Å²) in [5, 5.41) is 0. The van der Waals surface area contributed by atoms with Gasteiger partial charge in [0.25, 0.3) is 0 Å². The Bertz CT molecular complexity index is 404. The van der Waals surface area contributed by atoms with Gasteiger partial charge in [-0.15, -0.1) is 0 Å². The first-order valence-electron chi connectivity index (χ1n) is 9.86. The van der Waals surface area contributed by atoms with E-state index in [1.807, 2.05) is 0 Å². The summed E-state index contributed by atoms with van der Waals surface area (Å²) in [7, 11) is 0. The molecule has 0 aromatic heterocycles. The van der Waals surface area contributed by atoms with E-state index in [1.54, 1.807) is 4.90 Å². The van der Waals surface area contributed by atoms with Gasteiger partial charge in [-0.2, -0.15) is 0 Å². The van der Waals surface area contributed by atoms with Crippen LogP contribution in [0, 0.1) is 11.3 Å². The van der Waals surface area contributed by atoms with Crippen molar-refractivity contribution >= 4 is 11.8 Å². The second kappa shape index (κ2) is 8.30. The molecule has 0 aromatic rings. The van der Waals surface area contributed by atoms with Crippen LogP contribution in [0.4, 0.5) is 0 Å². The van der Waals surface area contributed by atoms with Crippen LogP contribution in [0.2, 0.25) is 0 Å². The number of hydrogen-bond acceptors (Lipinski definition) is 2. The molecule has 132 valence electrons. The molecule has 1 heterocycles. The van der Waals surface area contributed by atoms with Crippen LogP contribution in [0.3, 0.4) is 0 Å². The van der Waals surface area contributed by atoms with Gasteiger partial charge in [0.2, 0.25) is 11.8 Å². The fourth-order valence-electron chi connectivity index (χ4n) is 4.86. The maximum atomic E-state index is 12.0. The van der Waals surface area contributed by atoms with Gasteiger partial charge in [-0.1, -0.05) is 52.9 Å². The molecule has 0 aromatic carbocycles. The van der Waals surface area contributed by atoms with Gasteiger partial charge in [-0.25, -0.2) is 0 Å². The third-order valence-corrected chi connectivity index (χ3v) is 6.50. The third kappa shape index (κ3) is 4.36. The van der Waals surface area contributed by atoms with Crippen molar-refractivity contribution in [3.8, 4) is 0 Å². The van der Waals surface area contributed by atoms with Crippen LogP contribution in [0.15, 0.2) is 0 Å². The van der Waals surface area contributed by atoms with Crippen LogP contribution >= 0.6 is 0 Å². The van der Waals surface area contributed by atoms with E-state index in [0.29, 0.717) is 18.3 Å². The van der Waals surface area contributed by atoms with Crippen molar-refractivity contribution in [1.82, 2.24) is 4.90 Å². The molecule has 0 radical (unpaired) electrons. The maximum Gasteiger partial charge on any atom is 0.229 e. The highest BCUT2D eigenvalue weighted by Gasteiger charge is 2.36. The largest absolute Gasteiger partial charge is 0.280 e. The van der Waals surface area contributed by atoms with Crippen molar-refractivity contribution in [2.24, 2.45) is 11.3 Å². The van der Waals surface area contributed by atoms with Gasteiger partial charge in [0.15, 0.2) is 0 Å². The molecule has 1 aliphatic carbocycles. The smallest absolute Gasteiger partial charge is 0.229 e. The Balaban J connectivity index is 1.99. The monoisotopic (exact) mass is 321 g/mol. The van der Waals surface area contributed by atoms with E-state index in [-0.39, 0.29) is 17.9 Å². The summed E-state index contributed by atoms with van der Waals surface area (Å²) in [6.07, 6.45) is 12.9. The molecule has 1 saturated carbocycles. The van der Waals surface area contributed by atoms with E-state index in [0.717, 1.165) is 31.6 Å². The minimum Gasteiger partial charge on any atom is -0.280 e. The predicted molar refractivity (Wildman–Crippen MR) is 94.0 cm³/mol. The summed E-state index contributed by atoms with van der Waals surface area (Å²) >= 11 is 0. The Kier molecular flexibility index (Phi) is 6.67. The fraction of sp³-hybridized carbons (Fsp3) is 0.900. The Morgan fingerprint density at radius 3 is 2.13 bits per heavy atom. The topological polar surface area (TPSA) is 37.4 Å². The third-order valence-electron chi connectivity index (χ3n) is 6.50. The number of imide groups is 1. The highest BCUT2D eigenvalue weighted by molar-refractivity contribution is 6.02. The van der Waals surface area contributed by atoms with E-state index in [1.165, 1.54) is 38.5 Å². The Morgan fingerprint density at radius 2 is 1.52 bits per heavy atom. The van der Waals surface area contributed by atoms with Crippen molar-refractivity contribution in [3.05, 3.63) is 0 Å². The van der Waals surface area contributed by atoms with Crippen molar-refractivity contribution in [1.29, 1.82) is 0 Å². The van der Waals surface area contributed by atoms with Crippen molar-refractivity contribution in [3.63, 3.8) is 0 Å². The normalized spacial score (nSPS) is 29.8. The molecule has 2 amide bonds. The van der Waals surface area contributed by atoms with Gasteiger partial charge >= 0.3 is 0 Å². The molecule has 1 aliphatic heterocycles. The van der Waals surface area contributed by atoms with Crippen molar-refractivity contribution in [2.75, 3.05) is 0 Å².